The third-order valence-electron chi connectivity index (χ3n) is 2.66. The van der Waals surface area contributed by atoms with E-state index in [0.29, 0.717) is 17.5 Å². The Morgan fingerprint density at radius 1 is 1.50 bits per heavy atom. The molecular weight excluding hydrogens is 276 g/mol. The van der Waals surface area contributed by atoms with E-state index in [0.717, 1.165) is 5.75 Å². The number of thioether (sulfide) groups is 1. The van der Waals surface area contributed by atoms with Gasteiger partial charge in [-0.15, -0.1) is 0 Å². The van der Waals surface area contributed by atoms with Crippen molar-refractivity contribution in [2.45, 2.75) is 12.5 Å². The number of benzene rings is 1. The molecule has 0 fully saturated rings. The maximum Gasteiger partial charge on any atom is 0.328 e. The molecule has 0 unspecified atom stereocenters. The van der Waals surface area contributed by atoms with Crippen LogP contribution in [-0.4, -0.2) is 37.0 Å². The second-order valence-corrected chi connectivity index (χ2v) is 5.01. The highest BCUT2D eigenvalue weighted by molar-refractivity contribution is 7.98. The second kappa shape index (κ2) is 8.23. The predicted molar refractivity (Wildman–Crippen MR) is 77.4 cm³/mol. The lowest BCUT2D eigenvalue weighted by Crippen LogP contribution is -2.41. The van der Waals surface area contributed by atoms with Crippen molar-refractivity contribution in [1.82, 2.24) is 5.32 Å². The lowest BCUT2D eigenvalue weighted by Gasteiger charge is -2.16. The van der Waals surface area contributed by atoms with Crippen molar-refractivity contribution in [1.29, 1.82) is 5.26 Å². The zero-order valence-electron chi connectivity index (χ0n) is 11.4. The molecule has 0 radical (unpaired) electrons. The van der Waals surface area contributed by atoms with Crippen LogP contribution in [-0.2, 0) is 9.53 Å². The summed E-state index contributed by atoms with van der Waals surface area (Å²) >= 11 is 1.58. The van der Waals surface area contributed by atoms with Crippen LogP contribution in [0.5, 0.6) is 0 Å². The van der Waals surface area contributed by atoms with Gasteiger partial charge in [-0.3, -0.25) is 4.79 Å². The summed E-state index contributed by atoms with van der Waals surface area (Å²) < 4.78 is 4.68. The molecule has 1 atom stereocenters. The summed E-state index contributed by atoms with van der Waals surface area (Å²) in [7, 11) is 1.29. The minimum atomic E-state index is -0.675. The fraction of sp³-hybridized carbons (Fsp3) is 0.357. The number of amides is 1. The minimum Gasteiger partial charge on any atom is -0.467 e. The molecule has 0 saturated carbocycles. The Morgan fingerprint density at radius 2 is 2.25 bits per heavy atom. The van der Waals surface area contributed by atoms with E-state index in [4.69, 9.17) is 5.26 Å². The summed E-state index contributed by atoms with van der Waals surface area (Å²) in [5, 5.41) is 11.4. The molecule has 0 aliphatic heterocycles. The summed E-state index contributed by atoms with van der Waals surface area (Å²) in [4.78, 5) is 23.7. The molecule has 0 aromatic heterocycles. The fourth-order valence-electron chi connectivity index (χ4n) is 1.60. The molecule has 0 saturated heterocycles. The zero-order valence-corrected chi connectivity index (χ0v) is 12.2. The number of carbonyl (C=O) groups is 2. The number of nitrogens with zero attached hydrogens (tertiary/aromatic N) is 1. The normalized spacial score (nSPS) is 11.2. The fourth-order valence-corrected chi connectivity index (χ4v) is 2.07. The van der Waals surface area contributed by atoms with Crippen LogP contribution in [0, 0.1) is 11.3 Å². The van der Waals surface area contributed by atoms with E-state index in [9.17, 15) is 9.59 Å². The third-order valence-corrected chi connectivity index (χ3v) is 3.30. The molecule has 0 heterocycles. The number of esters is 1. The Bertz CT molecular complexity index is 525. The van der Waals surface area contributed by atoms with Gasteiger partial charge in [-0.05, 0) is 36.6 Å². The van der Waals surface area contributed by atoms with Gasteiger partial charge in [0.05, 0.1) is 18.7 Å². The molecule has 0 spiro atoms. The number of ether oxygens (including phenoxy) is 1. The SMILES string of the molecule is COC(=O)[C@H](CCSC)NC(=O)c1cccc(C#N)c1. The number of carbonyl (C=O) groups excluding carboxylic acids is 2. The van der Waals surface area contributed by atoms with Gasteiger partial charge in [0.25, 0.3) is 5.91 Å². The van der Waals surface area contributed by atoms with Crippen molar-refractivity contribution >= 4 is 23.6 Å². The molecule has 1 aromatic carbocycles. The standard InChI is InChI=1S/C14H16N2O3S/c1-19-14(18)12(6-7-20-2)16-13(17)11-5-3-4-10(8-11)9-15/h3-5,8,12H,6-7H2,1-2H3,(H,16,17)/t12-/m0/s1. The van der Waals surface area contributed by atoms with Gasteiger partial charge in [0, 0.05) is 5.56 Å². The smallest absolute Gasteiger partial charge is 0.328 e. The number of nitrogens with one attached hydrogen (secondary N) is 1. The van der Waals surface area contributed by atoms with Crippen molar-refractivity contribution in [3.05, 3.63) is 35.4 Å². The second-order valence-electron chi connectivity index (χ2n) is 4.02. The molecule has 1 N–H and O–H groups in total. The van der Waals surface area contributed by atoms with Crippen molar-refractivity contribution in [3.63, 3.8) is 0 Å². The monoisotopic (exact) mass is 292 g/mol. The maximum absolute atomic E-state index is 12.1. The first kappa shape index (κ1) is 16.1. The van der Waals surface area contributed by atoms with Gasteiger partial charge in [0.2, 0.25) is 0 Å². The lowest BCUT2D eigenvalue weighted by atomic mass is 10.1. The third kappa shape index (κ3) is 4.59. The van der Waals surface area contributed by atoms with E-state index >= 15 is 0 Å². The molecule has 1 amide bonds. The van der Waals surface area contributed by atoms with Gasteiger partial charge < -0.3 is 10.1 Å². The Hall–Kier alpha value is -2.00. The van der Waals surface area contributed by atoms with Crippen molar-refractivity contribution in [2.24, 2.45) is 0 Å². The number of rotatable bonds is 6. The predicted octanol–water partition coefficient (Wildman–Crippen LogP) is 1.58. The van der Waals surface area contributed by atoms with Crippen molar-refractivity contribution in [3.8, 4) is 6.07 Å². The summed E-state index contributed by atoms with van der Waals surface area (Å²) in [5.74, 6) is -0.124. The molecule has 6 heteroatoms. The van der Waals surface area contributed by atoms with Gasteiger partial charge in [0.15, 0.2) is 0 Å². The summed E-state index contributed by atoms with van der Waals surface area (Å²) in [6, 6.07) is 7.62. The van der Waals surface area contributed by atoms with Crippen LogP contribution in [0.15, 0.2) is 24.3 Å². The Balaban J connectivity index is 2.79. The Labute approximate surface area is 122 Å². The van der Waals surface area contributed by atoms with Gasteiger partial charge in [-0.1, -0.05) is 6.07 Å². The molecule has 0 aliphatic rings. The zero-order chi connectivity index (χ0) is 15.0. The number of hydrogen-bond acceptors (Lipinski definition) is 5. The van der Waals surface area contributed by atoms with E-state index in [1.54, 1.807) is 30.0 Å². The molecule has 0 bridgehead atoms. The van der Waals surface area contributed by atoms with Crippen molar-refractivity contribution in [2.75, 3.05) is 19.1 Å². The molecule has 0 aliphatic carbocycles. The Kier molecular flexibility index (Phi) is 6.60. The summed E-state index contributed by atoms with van der Waals surface area (Å²) in [6.07, 6.45) is 2.42. The van der Waals surface area contributed by atoms with Gasteiger partial charge in [-0.25, -0.2) is 4.79 Å². The molecule has 106 valence electrons. The molecule has 5 nitrogen and oxygen atoms in total. The average Bonchev–Trinajstić information content (AvgIpc) is 2.50. The first-order valence-electron chi connectivity index (χ1n) is 6.00. The number of nitriles is 1. The van der Waals surface area contributed by atoms with Gasteiger partial charge in [0.1, 0.15) is 6.04 Å². The maximum atomic E-state index is 12.1. The number of hydrogen-bond donors (Lipinski definition) is 1. The van der Waals surface area contributed by atoms with Crippen LogP contribution in [0.3, 0.4) is 0 Å². The number of methoxy groups -OCH3 is 1. The average molecular weight is 292 g/mol. The van der Waals surface area contributed by atoms with Crippen LogP contribution < -0.4 is 5.32 Å². The van der Waals surface area contributed by atoms with Crippen LogP contribution in [0.4, 0.5) is 0 Å². The van der Waals surface area contributed by atoms with Crippen LogP contribution in [0.25, 0.3) is 0 Å². The summed E-state index contributed by atoms with van der Waals surface area (Å²) in [5.41, 5.74) is 0.749. The van der Waals surface area contributed by atoms with E-state index in [-0.39, 0.29) is 0 Å². The van der Waals surface area contributed by atoms with Crippen molar-refractivity contribution < 1.29 is 14.3 Å². The first-order valence-corrected chi connectivity index (χ1v) is 7.39. The highest BCUT2D eigenvalue weighted by Gasteiger charge is 2.21. The van der Waals surface area contributed by atoms with E-state index in [2.05, 4.69) is 10.1 Å². The quantitative estimate of drug-likeness (QED) is 0.805. The lowest BCUT2D eigenvalue weighted by molar-refractivity contribution is -0.142. The van der Waals surface area contributed by atoms with E-state index < -0.39 is 17.9 Å². The molecule has 1 rings (SSSR count). The molecule has 20 heavy (non-hydrogen) atoms. The van der Waals surface area contributed by atoms with E-state index in [1.807, 2.05) is 12.3 Å². The molecule has 1 aromatic rings. The molecular formula is C14H16N2O3S. The Morgan fingerprint density at radius 3 is 2.85 bits per heavy atom. The van der Waals surface area contributed by atoms with Gasteiger partial charge in [-0.2, -0.15) is 17.0 Å². The van der Waals surface area contributed by atoms with Crippen LogP contribution >= 0.6 is 11.8 Å². The largest absolute Gasteiger partial charge is 0.467 e. The van der Waals surface area contributed by atoms with Crippen LogP contribution in [0.1, 0.15) is 22.3 Å². The topological polar surface area (TPSA) is 79.2 Å². The van der Waals surface area contributed by atoms with Gasteiger partial charge >= 0.3 is 5.97 Å². The van der Waals surface area contributed by atoms with E-state index in [1.165, 1.54) is 13.2 Å². The highest BCUT2D eigenvalue weighted by Crippen LogP contribution is 2.07. The summed E-state index contributed by atoms with van der Waals surface area (Å²) in [6.45, 7) is 0. The first-order chi connectivity index (χ1) is 9.62. The minimum absolute atomic E-state index is 0.349. The van der Waals surface area contributed by atoms with Crippen LogP contribution in [0.2, 0.25) is 0 Å². The highest BCUT2D eigenvalue weighted by atomic mass is 32.2.